The third-order valence-electron chi connectivity index (χ3n) is 4.10. The zero-order chi connectivity index (χ0) is 14.5. The summed E-state index contributed by atoms with van der Waals surface area (Å²) in [6, 6.07) is 12.9. The fraction of sp³-hybridized carbons (Fsp3) is 0.353. The maximum atomic E-state index is 4.31. The van der Waals surface area contributed by atoms with Gasteiger partial charge in [0.2, 0.25) is 0 Å². The molecular weight excluding hydrogens is 278 g/mol. The minimum atomic E-state index is 0.307. The van der Waals surface area contributed by atoms with Crippen molar-refractivity contribution in [3.63, 3.8) is 0 Å². The largest absolute Gasteiger partial charge is 0.356 e. The van der Waals surface area contributed by atoms with Gasteiger partial charge in [-0.3, -0.25) is 4.99 Å². The summed E-state index contributed by atoms with van der Waals surface area (Å²) >= 11 is 1.72. The van der Waals surface area contributed by atoms with Gasteiger partial charge in [-0.15, -0.1) is 0 Å². The summed E-state index contributed by atoms with van der Waals surface area (Å²) in [6.45, 7) is 1.77. The Morgan fingerprint density at radius 1 is 1.19 bits per heavy atom. The molecule has 3 rings (SSSR count). The number of nitrogens with zero attached hydrogens (tertiary/aromatic N) is 1. The summed E-state index contributed by atoms with van der Waals surface area (Å²) in [6.07, 6.45) is 2.51. The number of hydrogen-bond acceptors (Lipinski definition) is 2. The van der Waals surface area contributed by atoms with Gasteiger partial charge in [0.05, 0.1) is 0 Å². The first-order chi connectivity index (χ1) is 10.3. The van der Waals surface area contributed by atoms with E-state index in [1.807, 2.05) is 7.05 Å². The maximum absolute atomic E-state index is 4.31. The van der Waals surface area contributed by atoms with Crippen LogP contribution >= 0.6 is 11.3 Å². The van der Waals surface area contributed by atoms with E-state index in [-0.39, 0.29) is 0 Å². The molecule has 2 N–H and O–H groups in total. The van der Waals surface area contributed by atoms with Gasteiger partial charge < -0.3 is 10.6 Å². The second kappa shape index (κ2) is 6.31. The van der Waals surface area contributed by atoms with E-state index in [4.69, 9.17) is 0 Å². The van der Waals surface area contributed by atoms with Crippen LogP contribution in [-0.2, 0) is 12.0 Å². The average Bonchev–Trinajstić information content (AvgIpc) is 3.15. The molecule has 0 saturated heterocycles. The molecule has 1 heterocycles. The molecule has 21 heavy (non-hydrogen) atoms. The van der Waals surface area contributed by atoms with Crippen LogP contribution in [0.1, 0.15) is 24.0 Å². The van der Waals surface area contributed by atoms with Crippen LogP contribution < -0.4 is 10.6 Å². The van der Waals surface area contributed by atoms with E-state index in [9.17, 15) is 0 Å². The van der Waals surface area contributed by atoms with Crippen LogP contribution in [0.4, 0.5) is 0 Å². The van der Waals surface area contributed by atoms with Gasteiger partial charge in [-0.2, -0.15) is 11.3 Å². The quantitative estimate of drug-likeness (QED) is 0.657. The van der Waals surface area contributed by atoms with E-state index in [0.717, 1.165) is 19.0 Å². The highest BCUT2D eigenvalue weighted by Gasteiger charge is 2.43. The molecule has 0 radical (unpaired) electrons. The van der Waals surface area contributed by atoms with Gasteiger partial charge >= 0.3 is 0 Å². The first-order valence-electron chi connectivity index (χ1n) is 7.33. The molecule has 0 aliphatic heterocycles. The highest BCUT2D eigenvalue weighted by molar-refractivity contribution is 7.07. The van der Waals surface area contributed by atoms with Crippen molar-refractivity contribution in [2.45, 2.75) is 24.8 Å². The lowest BCUT2D eigenvalue weighted by molar-refractivity contribution is 0.645. The van der Waals surface area contributed by atoms with Gasteiger partial charge in [0.25, 0.3) is 0 Å². The molecule has 0 atom stereocenters. The van der Waals surface area contributed by atoms with Crippen LogP contribution in [-0.4, -0.2) is 19.6 Å². The molecule has 1 aliphatic rings. The van der Waals surface area contributed by atoms with Gasteiger partial charge in [-0.1, -0.05) is 30.3 Å². The zero-order valence-corrected chi connectivity index (χ0v) is 13.1. The lowest BCUT2D eigenvalue weighted by Gasteiger charge is -2.19. The SMILES string of the molecule is CN=C(NCc1ccsc1)NCC1(c2ccccc2)CC1. The van der Waals surface area contributed by atoms with Gasteiger partial charge in [-0.05, 0) is 40.8 Å². The average molecular weight is 299 g/mol. The Kier molecular flexibility index (Phi) is 4.25. The molecule has 1 aromatic carbocycles. The predicted molar refractivity (Wildman–Crippen MR) is 89.9 cm³/mol. The molecule has 3 nitrogen and oxygen atoms in total. The fourth-order valence-electron chi connectivity index (χ4n) is 2.56. The van der Waals surface area contributed by atoms with Crippen molar-refractivity contribution in [2.24, 2.45) is 4.99 Å². The van der Waals surface area contributed by atoms with Crippen LogP contribution in [0.25, 0.3) is 0 Å². The second-order valence-corrected chi connectivity index (χ2v) is 6.34. The number of rotatable bonds is 5. The van der Waals surface area contributed by atoms with Gasteiger partial charge in [0.15, 0.2) is 5.96 Å². The Labute approximate surface area is 130 Å². The molecule has 2 aromatic rings. The summed E-state index contributed by atoms with van der Waals surface area (Å²) in [4.78, 5) is 4.31. The van der Waals surface area contributed by atoms with Crippen molar-refractivity contribution in [1.82, 2.24) is 10.6 Å². The smallest absolute Gasteiger partial charge is 0.191 e. The van der Waals surface area contributed by atoms with Crippen molar-refractivity contribution in [3.05, 3.63) is 58.3 Å². The lowest BCUT2D eigenvalue weighted by atomic mass is 9.96. The monoisotopic (exact) mass is 299 g/mol. The van der Waals surface area contributed by atoms with Gasteiger partial charge in [0, 0.05) is 25.6 Å². The summed E-state index contributed by atoms with van der Waals surface area (Å²) in [7, 11) is 1.82. The molecule has 1 aromatic heterocycles. The molecular formula is C17H21N3S. The lowest BCUT2D eigenvalue weighted by Crippen LogP contribution is -2.40. The van der Waals surface area contributed by atoms with E-state index < -0.39 is 0 Å². The fourth-order valence-corrected chi connectivity index (χ4v) is 3.23. The molecule has 0 unspecified atom stereocenters. The standard InChI is InChI=1S/C17H21N3S/c1-18-16(19-11-14-7-10-21-12-14)20-13-17(8-9-17)15-5-3-2-4-6-15/h2-7,10,12H,8-9,11,13H2,1H3,(H2,18,19,20). The maximum Gasteiger partial charge on any atom is 0.191 e. The molecule has 0 spiro atoms. The molecule has 1 fully saturated rings. The summed E-state index contributed by atoms with van der Waals surface area (Å²) in [5, 5.41) is 11.1. The first-order valence-corrected chi connectivity index (χ1v) is 8.28. The summed E-state index contributed by atoms with van der Waals surface area (Å²) < 4.78 is 0. The Hall–Kier alpha value is -1.81. The molecule has 0 bridgehead atoms. The van der Waals surface area contributed by atoms with Crippen molar-refractivity contribution in [3.8, 4) is 0 Å². The number of hydrogen-bond donors (Lipinski definition) is 2. The molecule has 110 valence electrons. The number of benzene rings is 1. The Morgan fingerprint density at radius 3 is 2.62 bits per heavy atom. The van der Waals surface area contributed by atoms with Crippen molar-refractivity contribution in [1.29, 1.82) is 0 Å². The second-order valence-electron chi connectivity index (χ2n) is 5.56. The van der Waals surface area contributed by atoms with Crippen LogP contribution in [0.3, 0.4) is 0 Å². The Morgan fingerprint density at radius 2 is 2.00 bits per heavy atom. The Balaban J connectivity index is 1.54. The van der Waals surface area contributed by atoms with Crippen LogP contribution in [0, 0.1) is 0 Å². The van der Waals surface area contributed by atoms with Crippen LogP contribution in [0.2, 0.25) is 0 Å². The van der Waals surface area contributed by atoms with Crippen molar-refractivity contribution in [2.75, 3.05) is 13.6 Å². The predicted octanol–water partition coefficient (Wildman–Crippen LogP) is 3.14. The third-order valence-corrected chi connectivity index (χ3v) is 4.83. The normalized spacial score (nSPS) is 16.5. The van der Waals surface area contributed by atoms with E-state index in [1.54, 1.807) is 11.3 Å². The summed E-state index contributed by atoms with van der Waals surface area (Å²) in [5.41, 5.74) is 3.04. The van der Waals surface area contributed by atoms with E-state index in [0.29, 0.717) is 5.41 Å². The number of guanidine groups is 1. The highest BCUT2D eigenvalue weighted by atomic mass is 32.1. The minimum Gasteiger partial charge on any atom is -0.356 e. The zero-order valence-electron chi connectivity index (χ0n) is 12.3. The van der Waals surface area contributed by atoms with E-state index in [1.165, 1.54) is 24.0 Å². The third kappa shape index (κ3) is 3.45. The number of thiophene rings is 1. The van der Waals surface area contributed by atoms with E-state index in [2.05, 4.69) is 62.8 Å². The first kappa shape index (κ1) is 14.1. The van der Waals surface area contributed by atoms with Crippen molar-refractivity contribution >= 4 is 17.3 Å². The molecule has 4 heteroatoms. The molecule has 1 aliphatic carbocycles. The minimum absolute atomic E-state index is 0.307. The van der Waals surface area contributed by atoms with Gasteiger partial charge in [0.1, 0.15) is 0 Å². The highest BCUT2D eigenvalue weighted by Crippen LogP contribution is 2.47. The van der Waals surface area contributed by atoms with Crippen LogP contribution in [0.5, 0.6) is 0 Å². The Bertz CT molecular complexity index is 586. The summed E-state index contributed by atoms with van der Waals surface area (Å²) in [5.74, 6) is 0.878. The molecule has 1 saturated carbocycles. The van der Waals surface area contributed by atoms with E-state index >= 15 is 0 Å². The van der Waals surface area contributed by atoms with Crippen LogP contribution in [0.15, 0.2) is 52.2 Å². The van der Waals surface area contributed by atoms with Gasteiger partial charge in [-0.25, -0.2) is 0 Å². The number of aliphatic imine (C=N–C) groups is 1. The number of nitrogens with one attached hydrogen (secondary N) is 2. The van der Waals surface area contributed by atoms with Crippen molar-refractivity contribution < 1.29 is 0 Å². The topological polar surface area (TPSA) is 36.4 Å². The molecule has 0 amide bonds.